The van der Waals surface area contributed by atoms with Crippen LogP contribution in [-0.4, -0.2) is 20.9 Å². The highest BCUT2D eigenvalue weighted by Gasteiger charge is 2.13. The number of aryl methyl sites for hydroxylation is 2. The van der Waals surface area contributed by atoms with Crippen molar-refractivity contribution in [1.82, 2.24) is 9.78 Å². The second kappa shape index (κ2) is 5.24. The van der Waals surface area contributed by atoms with Crippen molar-refractivity contribution in [3.05, 3.63) is 40.7 Å². The summed E-state index contributed by atoms with van der Waals surface area (Å²) in [6.45, 7) is 4.42. The van der Waals surface area contributed by atoms with E-state index in [1.165, 1.54) is 6.07 Å². The van der Waals surface area contributed by atoms with Gasteiger partial charge >= 0.3 is 5.97 Å². The van der Waals surface area contributed by atoms with Gasteiger partial charge in [0.15, 0.2) is 0 Å². The van der Waals surface area contributed by atoms with Gasteiger partial charge in [-0.25, -0.2) is 4.79 Å². The van der Waals surface area contributed by atoms with E-state index in [0.717, 1.165) is 17.0 Å². The maximum atomic E-state index is 11.2. The molecule has 0 atom stereocenters. The number of anilines is 2. The number of nitrogens with one attached hydrogen (secondary N) is 1. The molecule has 106 valence electrons. The molecule has 0 bridgehead atoms. The number of rotatable bonds is 4. The minimum atomic E-state index is -0.980. The molecule has 1 aromatic carbocycles. The molecule has 1 aromatic heterocycles. The number of hydrogen-bond acceptors (Lipinski definition) is 4. The number of nitrogens with zero attached hydrogens (tertiary/aromatic N) is 2. The fourth-order valence-electron chi connectivity index (χ4n) is 2.15. The van der Waals surface area contributed by atoms with Crippen LogP contribution in [0.15, 0.2) is 18.2 Å². The molecule has 0 aliphatic rings. The highest BCUT2D eigenvalue weighted by Crippen LogP contribution is 2.21. The van der Waals surface area contributed by atoms with Crippen molar-refractivity contribution in [1.29, 1.82) is 0 Å². The fourth-order valence-corrected chi connectivity index (χ4v) is 2.15. The lowest BCUT2D eigenvalue weighted by molar-refractivity contribution is 0.0698. The first-order valence-electron chi connectivity index (χ1n) is 6.26. The minimum Gasteiger partial charge on any atom is -0.478 e. The van der Waals surface area contributed by atoms with Crippen LogP contribution in [0.5, 0.6) is 0 Å². The number of carboxylic acids is 1. The number of benzene rings is 1. The van der Waals surface area contributed by atoms with Crippen molar-refractivity contribution in [2.24, 2.45) is 7.05 Å². The molecule has 4 N–H and O–H groups in total. The van der Waals surface area contributed by atoms with Gasteiger partial charge in [-0.3, -0.25) is 4.68 Å². The van der Waals surface area contributed by atoms with Gasteiger partial charge in [0, 0.05) is 30.5 Å². The molecule has 6 heteroatoms. The Balaban J connectivity index is 2.27. The molecule has 0 saturated carbocycles. The predicted molar refractivity (Wildman–Crippen MR) is 77.8 cm³/mol. The molecule has 2 rings (SSSR count). The lowest BCUT2D eigenvalue weighted by Gasteiger charge is -2.11. The molecule has 0 unspecified atom stereocenters. The van der Waals surface area contributed by atoms with E-state index in [2.05, 4.69) is 10.4 Å². The van der Waals surface area contributed by atoms with Crippen LogP contribution in [0.2, 0.25) is 0 Å². The number of hydrogen-bond donors (Lipinski definition) is 3. The summed E-state index contributed by atoms with van der Waals surface area (Å²) < 4.78 is 1.81. The zero-order valence-electron chi connectivity index (χ0n) is 11.8. The molecule has 0 radical (unpaired) electrons. The predicted octanol–water partition coefficient (Wildman–Crippen LogP) is 1.93. The maximum Gasteiger partial charge on any atom is 0.337 e. The number of carboxylic acid groups (broad SMARTS) is 1. The van der Waals surface area contributed by atoms with Gasteiger partial charge in [-0.15, -0.1) is 0 Å². The van der Waals surface area contributed by atoms with Crippen molar-refractivity contribution in [3.8, 4) is 0 Å². The van der Waals surface area contributed by atoms with Crippen molar-refractivity contribution in [3.63, 3.8) is 0 Å². The van der Waals surface area contributed by atoms with Gasteiger partial charge in [0.25, 0.3) is 0 Å². The molecule has 0 aliphatic carbocycles. The van der Waals surface area contributed by atoms with Crippen molar-refractivity contribution >= 4 is 17.3 Å². The van der Waals surface area contributed by atoms with Crippen LogP contribution in [-0.2, 0) is 13.6 Å². The van der Waals surface area contributed by atoms with Crippen LogP contribution < -0.4 is 11.1 Å². The monoisotopic (exact) mass is 274 g/mol. The number of aromatic nitrogens is 2. The van der Waals surface area contributed by atoms with E-state index < -0.39 is 5.97 Å². The Labute approximate surface area is 117 Å². The SMILES string of the molecule is Cc1nn(C)c(C)c1CNc1cc(N)ccc1C(=O)O. The Morgan fingerprint density at radius 1 is 1.45 bits per heavy atom. The summed E-state index contributed by atoms with van der Waals surface area (Å²) >= 11 is 0. The first kappa shape index (κ1) is 13.9. The molecular weight excluding hydrogens is 256 g/mol. The number of nitrogens with two attached hydrogens (primary N) is 1. The second-order valence-corrected chi connectivity index (χ2v) is 4.74. The van der Waals surface area contributed by atoms with Gasteiger partial charge in [-0.1, -0.05) is 0 Å². The minimum absolute atomic E-state index is 0.207. The van der Waals surface area contributed by atoms with Crippen LogP contribution in [0.25, 0.3) is 0 Å². The summed E-state index contributed by atoms with van der Waals surface area (Å²) in [5.41, 5.74) is 10.00. The normalized spacial score (nSPS) is 10.6. The van der Waals surface area contributed by atoms with E-state index in [0.29, 0.717) is 17.9 Å². The van der Waals surface area contributed by atoms with Gasteiger partial charge in [-0.2, -0.15) is 5.10 Å². The Bertz CT molecular complexity index is 661. The van der Waals surface area contributed by atoms with Crippen LogP contribution in [0.3, 0.4) is 0 Å². The smallest absolute Gasteiger partial charge is 0.337 e. The largest absolute Gasteiger partial charge is 0.478 e. The van der Waals surface area contributed by atoms with E-state index in [4.69, 9.17) is 10.8 Å². The summed E-state index contributed by atoms with van der Waals surface area (Å²) in [4.78, 5) is 11.2. The Kier molecular flexibility index (Phi) is 3.65. The third kappa shape index (κ3) is 2.59. The zero-order chi connectivity index (χ0) is 14.9. The van der Waals surface area contributed by atoms with Gasteiger partial charge < -0.3 is 16.2 Å². The molecule has 20 heavy (non-hydrogen) atoms. The standard InChI is InChI=1S/C14H18N4O2/c1-8-12(9(2)18(3)17-8)7-16-13-6-10(15)4-5-11(13)14(19)20/h4-6,16H,7,15H2,1-3H3,(H,19,20). The van der Waals surface area contributed by atoms with E-state index in [1.54, 1.807) is 12.1 Å². The lowest BCUT2D eigenvalue weighted by Crippen LogP contribution is -2.08. The topological polar surface area (TPSA) is 93.2 Å². The van der Waals surface area contributed by atoms with E-state index in [-0.39, 0.29) is 5.56 Å². The molecule has 0 amide bonds. The number of carbonyl (C=O) groups is 1. The molecule has 6 nitrogen and oxygen atoms in total. The number of nitrogen functional groups attached to an aromatic ring is 1. The van der Waals surface area contributed by atoms with Crippen LogP contribution in [0.1, 0.15) is 27.3 Å². The lowest BCUT2D eigenvalue weighted by atomic mass is 10.1. The average Bonchev–Trinajstić information content (AvgIpc) is 2.61. The Hall–Kier alpha value is -2.50. The Morgan fingerprint density at radius 3 is 2.70 bits per heavy atom. The maximum absolute atomic E-state index is 11.2. The third-order valence-electron chi connectivity index (χ3n) is 3.39. The zero-order valence-corrected chi connectivity index (χ0v) is 11.8. The molecule has 1 heterocycles. The Morgan fingerprint density at radius 2 is 2.15 bits per heavy atom. The van der Waals surface area contributed by atoms with Gasteiger partial charge in [-0.05, 0) is 32.0 Å². The summed E-state index contributed by atoms with van der Waals surface area (Å²) in [5, 5.41) is 16.6. The van der Waals surface area contributed by atoms with Crippen LogP contribution in [0.4, 0.5) is 11.4 Å². The highest BCUT2D eigenvalue weighted by molar-refractivity contribution is 5.95. The molecule has 2 aromatic rings. The second-order valence-electron chi connectivity index (χ2n) is 4.74. The quantitative estimate of drug-likeness (QED) is 0.741. The fraction of sp³-hybridized carbons (Fsp3) is 0.286. The summed E-state index contributed by atoms with van der Waals surface area (Å²) in [5.74, 6) is -0.980. The van der Waals surface area contributed by atoms with Gasteiger partial charge in [0.1, 0.15) is 0 Å². The summed E-state index contributed by atoms with van der Waals surface area (Å²) in [7, 11) is 1.88. The molecule has 0 spiro atoms. The van der Waals surface area contributed by atoms with Crippen molar-refractivity contribution in [2.45, 2.75) is 20.4 Å². The summed E-state index contributed by atoms with van der Waals surface area (Å²) in [6.07, 6.45) is 0. The van der Waals surface area contributed by atoms with E-state index >= 15 is 0 Å². The number of aromatic carboxylic acids is 1. The summed E-state index contributed by atoms with van der Waals surface area (Å²) in [6, 6.07) is 4.71. The van der Waals surface area contributed by atoms with E-state index in [1.807, 2.05) is 25.6 Å². The molecule has 0 aliphatic heterocycles. The van der Waals surface area contributed by atoms with Gasteiger partial charge in [0.05, 0.1) is 16.9 Å². The van der Waals surface area contributed by atoms with E-state index in [9.17, 15) is 4.79 Å². The van der Waals surface area contributed by atoms with Crippen LogP contribution in [0, 0.1) is 13.8 Å². The molecular formula is C14H18N4O2. The first-order chi connectivity index (χ1) is 9.40. The third-order valence-corrected chi connectivity index (χ3v) is 3.39. The van der Waals surface area contributed by atoms with Crippen molar-refractivity contribution < 1.29 is 9.90 Å². The average molecular weight is 274 g/mol. The molecule has 0 saturated heterocycles. The first-order valence-corrected chi connectivity index (χ1v) is 6.26. The van der Waals surface area contributed by atoms with Gasteiger partial charge in [0.2, 0.25) is 0 Å². The highest BCUT2D eigenvalue weighted by atomic mass is 16.4. The van der Waals surface area contributed by atoms with Crippen molar-refractivity contribution in [2.75, 3.05) is 11.1 Å². The van der Waals surface area contributed by atoms with Crippen LogP contribution >= 0.6 is 0 Å². The molecule has 0 fully saturated rings.